The summed E-state index contributed by atoms with van der Waals surface area (Å²) in [5, 5.41) is 4.76. The third kappa shape index (κ3) is 2.23. The van der Waals surface area contributed by atoms with E-state index < -0.39 is 0 Å². The highest BCUT2D eigenvalue weighted by molar-refractivity contribution is 7.15. The van der Waals surface area contributed by atoms with Gasteiger partial charge in [-0.25, -0.2) is 4.98 Å². The average Bonchev–Trinajstić information content (AvgIpc) is 3.14. The molecule has 0 atom stereocenters. The van der Waals surface area contributed by atoms with Gasteiger partial charge in [0.2, 0.25) is 0 Å². The first-order chi connectivity index (χ1) is 7.74. The van der Waals surface area contributed by atoms with Crippen LogP contribution < -0.4 is 10.2 Å². The van der Waals surface area contributed by atoms with Crippen LogP contribution in [0.5, 0.6) is 0 Å². The SMILES string of the molecule is CN(C)c1nc(C2CC2)c(CNC2CC2)s1. The monoisotopic (exact) mass is 237 g/mol. The van der Waals surface area contributed by atoms with Gasteiger partial charge in [-0.2, -0.15) is 0 Å². The molecule has 0 saturated heterocycles. The van der Waals surface area contributed by atoms with Crippen molar-refractivity contribution in [2.45, 2.75) is 44.2 Å². The molecule has 0 spiro atoms. The van der Waals surface area contributed by atoms with Gasteiger partial charge in [-0.15, -0.1) is 11.3 Å². The first kappa shape index (κ1) is 10.5. The molecule has 0 unspecified atom stereocenters. The molecule has 2 saturated carbocycles. The van der Waals surface area contributed by atoms with Crippen LogP contribution in [-0.2, 0) is 6.54 Å². The molecular formula is C12H19N3S. The van der Waals surface area contributed by atoms with Crippen molar-refractivity contribution < 1.29 is 0 Å². The van der Waals surface area contributed by atoms with Crippen molar-refractivity contribution in [3.05, 3.63) is 10.6 Å². The van der Waals surface area contributed by atoms with Gasteiger partial charge in [0, 0.05) is 37.5 Å². The summed E-state index contributed by atoms with van der Waals surface area (Å²) in [5.74, 6) is 0.765. The summed E-state index contributed by atoms with van der Waals surface area (Å²) in [6.07, 6.45) is 5.40. The van der Waals surface area contributed by atoms with E-state index in [0.717, 1.165) is 23.6 Å². The minimum absolute atomic E-state index is 0.765. The van der Waals surface area contributed by atoms with Crippen LogP contribution in [0.1, 0.15) is 42.2 Å². The maximum absolute atomic E-state index is 4.77. The Balaban J connectivity index is 1.76. The molecule has 0 bridgehead atoms. The highest BCUT2D eigenvalue weighted by Crippen LogP contribution is 2.44. The lowest BCUT2D eigenvalue weighted by atomic mass is 10.2. The lowest BCUT2D eigenvalue weighted by Crippen LogP contribution is -2.15. The Morgan fingerprint density at radius 1 is 1.31 bits per heavy atom. The Morgan fingerprint density at radius 3 is 2.62 bits per heavy atom. The van der Waals surface area contributed by atoms with Gasteiger partial charge in [0.05, 0.1) is 5.69 Å². The number of rotatable bonds is 5. The maximum atomic E-state index is 4.77. The van der Waals surface area contributed by atoms with Gasteiger partial charge in [-0.05, 0) is 25.7 Å². The van der Waals surface area contributed by atoms with Crippen LogP contribution in [0.2, 0.25) is 0 Å². The largest absolute Gasteiger partial charge is 0.354 e. The third-order valence-electron chi connectivity index (χ3n) is 3.19. The molecule has 3 rings (SSSR count). The molecule has 2 fully saturated rings. The van der Waals surface area contributed by atoms with E-state index in [0.29, 0.717) is 0 Å². The summed E-state index contributed by atoms with van der Waals surface area (Å²) < 4.78 is 0. The van der Waals surface area contributed by atoms with Gasteiger partial charge in [0.25, 0.3) is 0 Å². The summed E-state index contributed by atoms with van der Waals surface area (Å²) in [6, 6.07) is 0.789. The second-order valence-electron chi connectivity index (χ2n) is 5.13. The Labute approximate surface area is 101 Å². The van der Waals surface area contributed by atoms with Crippen LogP contribution in [0.4, 0.5) is 5.13 Å². The van der Waals surface area contributed by atoms with Gasteiger partial charge < -0.3 is 10.2 Å². The Bertz CT molecular complexity index is 378. The first-order valence-electron chi connectivity index (χ1n) is 6.14. The Hall–Kier alpha value is -0.610. The fourth-order valence-electron chi connectivity index (χ4n) is 1.87. The Morgan fingerprint density at radius 2 is 2.06 bits per heavy atom. The number of thiazole rings is 1. The van der Waals surface area contributed by atoms with E-state index in [1.165, 1.54) is 36.3 Å². The molecule has 16 heavy (non-hydrogen) atoms. The number of nitrogens with one attached hydrogen (secondary N) is 1. The summed E-state index contributed by atoms with van der Waals surface area (Å²) in [4.78, 5) is 8.37. The molecule has 88 valence electrons. The van der Waals surface area contributed by atoms with E-state index in [1.54, 1.807) is 0 Å². The minimum atomic E-state index is 0.765. The van der Waals surface area contributed by atoms with Crippen LogP contribution in [-0.4, -0.2) is 25.1 Å². The predicted octanol–water partition coefficient (Wildman–Crippen LogP) is 2.34. The van der Waals surface area contributed by atoms with Crippen LogP contribution >= 0.6 is 11.3 Å². The molecule has 1 aromatic heterocycles. The van der Waals surface area contributed by atoms with Crippen molar-refractivity contribution >= 4 is 16.5 Å². The molecule has 1 N–H and O–H groups in total. The number of hydrogen-bond acceptors (Lipinski definition) is 4. The molecule has 0 aromatic carbocycles. The summed E-state index contributed by atoms with van der Waals surface area (Å²) >= 11 is 1.86. The van der Waals surface area contributed by atoms with E-state index in [-0.39, 0.29) is 0 Å². The number of hydrogen-bond donors (Lipinski definition) is 1. The number of aromatic nitrogens is 1. The molecule has 1 heterocycles. The van der Waals surface area contributed by atoms with Gasteiger partial charge >= 0.3 is 0 Å². The molecule has 3 nitrogen and oxygen atoms in total. The second kappa shape index (κ2) is 4.00. The number of anilines is 1. The molecule has 0 amide bonds. The molecule has 0 radical (unpaired) electrons. The summed E-state index contributed by atoms with van der Waals surface area (Å²) in [6.45, 7) is 1.03. The zero-order valence-electron chi connectivity index (χ0n) is 9.99. The smallest absolute Gasteiger partial charge is 0.185 e. The molecule has 2 aliphatic carbocycles. The predicted molar refractivity (Wildman–Crippen MR) is 68.3 cm³/mol. The molecule has 4 heteroatoms. The van der Waals surface area contributed by atoms with Crippen LogP contribution in [0.15, 0.2) is 0 Å². The fourth-order valence-corrected chi connectivity index (χ4v) is 2.89. The molecule has 0 aliphatic heterocycles. The zero-order valence-corrected chi connectivity index (χ0v) is 10.8. The van der Waals surface area contributed by atoms with Crippen LogP contribution in [0.25, 0.3) is 0 Å². The van der Waals surface area contributed by atoms with Gasteiger partial charge in [0.15, 0.2) is 5.13 Å². The topological polar surface area (TPSA) is 28.2 Å². The van der Waals surface area contributed by atoms with Crippen molar-refractivity contribution in [2.24, 2.45) is 0 Å². The quantitative estimate of drug-likeness (QED) is 0.852. The van der Waals surface area contributed by atoms with E-state index in [1.807, 2.05) is 11.3 Å². The van der Waals surface area contributed by atoms with E-state index in [4.69, 9.17) is 4.98 Å². The van der Waals surface area contributed by atoms with Crippen LogP contribution in [0, 0.1) is 0 Å². The lowest BCUT2D eigenvalue weighted by molar-refractivity contribution is 0.688. The van der Waals surface area contributed by atoms with E-state index in [2.05, 4.69) is 24.3 Å². The highest BCUT2D eigenvalue weighted by Gasteiger charge is 2.30. The third-order valence-corrected chi connectivity index (χ3v) is 4.43. The van der Waals surface area contributed by atoms with E-state index in [9.17, 15) is 0 Å². The average molecular weight is 237 g/mol. The van der Waals surface area contributed by atoms with Gasteiger partial charge in [0.1, 0.15) is 0 Å². The second-order valence-corrected chi connectivity index (χ2v) is 6.19. The van der Waals surface area contributed by atoms with Gasteiger partial charge in [-0.1, -0.05) is 0 Å². The summed E-state index contributed by atoms with van der Waals surface area (Å²) in [5.41, 5.74) is 1.38. The van der Waals surface area contributed by atoms with Crippen molar-refractivity contribution in [2.75, 3.05) is 19.0 Å². The fraction of sp³-hybridized carbons (Fsp3) is 0.750. The number of nitrogens with zero attached hydrogens (tertiary/aromatic N) is 2. The lowest BCUT2D eigenvalue weighted by Gasteiger charge is -2.05. The van der Waals surface area contributed by atoms with E-state index >= 15 is 0 Å². The zero-order chi connectivity index (χ0) is 11.1. The molecule has 2 aliphatic rings. The van der Waals surface area contributed by atoms with Crippen molar-refractivity contribution in [3.8, 4) is 0 Å². The standard InChI is InChI=1S/C12H19N3S/c1-15(2)12-14-11(8-3-4-8)10(16-12)7-13-9-5-6-9/h8-9,13H,3-7H2,1-2H3. The van der Waals surface area contributed by atoms with Crippen LogP contribution in [0.3, 0.4) is 0 Å². The van der Waals surface area contributed by atoms with Crippen molar-refractivity contribution in [1.82, 2.24) is 10.3 Å². The normalized spacial score (nSPS) is 20.1. The van der Waals surface area contributed by atoms with Gasteiger partial charge in [-0.3, -0.25) is 0 Å². The Kier molecular flexibility index (Phi) is 2.64. The van der Waals surface area contributed by atoms with Crippen molar-refractivity contribution in [3.63, 3.8) is 0 Å². The highest BCUT2D eigenvalue weighted by atomic mass is 32.1. The molecule has 1 aromatic rings. The van der Waals surface area contributed by atoms with Crippen molar-refractivity contribution in [1.29, 1.82) is 0 Å². The minimum Gasteiger partial charge on any atom is -0.354 e. The first-order valence-corrected chi connectivity index (χ1v) is 6.96. The maximum Gasteiger partial charge on any atom is 0.185 e. The molecular weight excluding hydrogens is 218 g/mol. The summed E-state index contributed by atoms with van der Waals surface area (Å²) in [7, 11) is 4.15.